The Morgan fingerprint density at radius 2 is 2.36 bits per heavy atom. The van der Waals surface area contributed by atoms with E-state index in [0.717, 1.165) is 22.4 Å². The van der Waals surface area contributed by atoms with Crippen LogP contribution in [0, 0.1) is 0 Å². The van der Waals surface area contributed by atoms with Crippen molar-refractivity contribution in [2.75, 3.05) is 0 Å². The molecule has 14 heavy (non-hydrogen) atoms. The van der Waals surface area contributed by atoms with Gasteiger partial charge in [-0.3, -0.25) is 4.79 Å². The summed E-state index contributed by atoms with van der Waals surface area (Å²) in [6.45, 7) is 0.163. The molecule has 2 aromatic heterocycles. The lowest BCUT2D eigenvalue weighted by atomic mass is 10.7. The lowest BCUT2D eigenvalue weighted by molar-refractivity contribution is 0.484. The molecule has 0 saturated carbocycles. The fourth-order valence-electron chi connectivity index (χ4n) is 0.926. The number of aromatic nitrogens is 4. The van der Waals surface area contributed by atoms with Crippen molar-refractivity contribution in [2.45, 2.75) is 6.54 Å². The molecule has 0 radical (unpaired) electrons. The second-order valence-electron chi connectivity index (χ2n) is 2.55. The molecule has 0 spiro atoms. The molecule has 2 aromatic rings. The van der Waals surface area contributed by atoms with Crippen LogP contribution < -0.4 is 10.6 Å². The minimum absolute atomic E-state index is 0.163. The van der Waals surface area contributed by atoms with Gasteiger partial charge >= 0.3 is 10.6 Å². The normalized spacial score (nSPS) is 10.6. The smallest absolute Gasteiger partial charge is 0.395 e. The van der Waals surface area contributed by atoms with Crippen LogP contribution in [0.1, 0.15) is 5.01 Å². The van der Waals surface area contributed by atoms with Gasteiger partial charge in [0.05, 0.1) is 0 Å². The zero-order valence-electron chi connectivity index (χ0n) is 7.21. The predicted octanol–water partition coefficient (Wildman–Crippen LogP) is -0.960. The Morgan fingerprint density at radius 1 is 1.57 bits per heavy atom. The molecule has 8 heteroatoms. The van der Waals surface area contributed by atoms with Gasteiger partial charge in [0, 0.05) is 7.05 Å². The molecule has 0 amide bonds. The summed E-state index contributed by atoms with van der Waals surface area (Å²) < 4.78 is 6.77. The zero-order chi connectivity index (χ0) is 10.1. The predicted molar refractivity (Wildman–Crippen MR) is 47.2 cm³/mol. The number of hydrogen-bond donors (Lipinski definition) is 0. The first kappa shape index (κ1) is 8.88. The van der Waals surface area contributed by atoms with E-state index in [4.69, 9.17) is 0 Å². The molecule has 0 aromatic carbocycles. The lowest BCUT2D eigenvalue weighted by Crippen LogP contribution is -2.16. The molecule has 0 N–H and O–H groups in total. The highest BCUT2D eigenvalue weighted by Gasteiger charge is 2.06. The van der Waals surface area contributed by atoms with Crippen LogP contribution in [0.5, 0.6) is 0 Å². The summed E-state index contributed by atoms with van der Waals surface area (Å²) in [5, 5.41) is 8.07. The topological polar surface area (TPSA) is 82.9 Å². The second-order valence-corrected chi connectivity index (χ2v) is 3.57. The van der Waals surface area contributed by atoms with E-state index in [1.54, 1.807) is 7.05 Å². The maximum absolute atomic E-state index is 11.0. The Balaban J connectivity index is 2.32. The number of rotatable bonds is 2. The molecular formula is C6H6N4O3S. The monoisotopic (exact) mass is 214 g/mol. The van der Waals surface area contributed by atoms with Gasteiger partial charge in [-0.1, -0.05) is 11.3 Å². The molecule has 7 nitrogen and oxygen atoms in total. The average Bonchev–Trinajstić information content (AvgIpc) is 2.63. The highest BCUT2D eigenvalue weighted by atomic mass is 32.1. The van der Waals surface area contributed by atoms with Crippen molar-refractivity contribution < 1.29 is 4.42 Å². The van der Waals surface area contributed by atoms with Crippen LogP contribution in [0.15, 0.2) is 20.4 Å². The van der Waals surface area contributed by atoms with Gasteiger partial charge in [-0.25, -0.2) is 9.48 Å². The zero-order valence-corrected chi connectivity index (χ0v) is 8.02. The Morgan fingerprint density at radius 3 is 2.86 bits per heavy atom. The van der Waals surface area contributed by atoms with Crippen molar-refractivity contribution >= 4 is 11.3 Å². The number of aryl methyl sites for hydroxylation is 1. The van der Waals surface area contributed by atoms with E-state index in [0.29, 0.717) is 5.01 Å². The molecule has 0 fully saturated rings. The van der Waals surface area contributed by atoms with Crippen LogP contribution >= 0.6 is 11.3 Å². The van der Waals surface area contributed by atoms with Crippen molar-refractivity contribution in [3.05, 3.63) is 31.6 Å². The third-order valence-corrected chi connectivity index (χ3v) is 2.45. The van der Waals surface area contributed by atoms with Crippen LogP contribution in [0.2, 0.25) is 0 Å². The molecule has 0 aliphatic rings. The van der Waals surface area contributed by atoms with E-state index in [2.05, 4.69) is 14.6 Å². The third kappa shape index (κ3) is 1.51. The largest absolute Gasteiger partial charge is 0.437 e. The van der Waals surface area contributed by atoms with Gasteiger partial charge in [0.2, 0.25) is 6.39 Å². The van der Waals surface area contributed by atoms with Crippen molar-refractivity contribution in [3.8, 4) is 0 Å². The van der Waals surface area contributed by atoms with Gasteiger partial charge in [0.1, 0.15) is 11.6 Å². The van der Waals surface area contributed by atoms with E-state index < -0.39 is 5.76 Å². The van der Waals surface area contributed by atoms with Crippen molar-refractivity contribution in [2.24, 2.45) is 7.05 Å². The van der Waals surface area contributed by atoms with E-state index in [9.17, 15) is 9.59 Å². The van der Waals surface area contributed by atoms with Gasteiger partial charge in [-0.15, -0.1) is 5.10 Å². The highest BCUT2D eigenvalue weighted by molar-refractivity contribution is 7.08. The molecule has 0 aliphatic carbocycles. The number of nitrogens with zero attached hydrogens (tertiary/aromatic N) is 4. The summed E-state index contributed by atoms with van der Waals surface area (Å²) in [4.78, 5) is 21.8. The molecule has 0 aliphatic heterocycles. The molecule has 0 bridgehead atoms. The van der Waals surface area contributed by atoms with E-state index in [1.807, 2.05) is 0 Å². The van der Waals surface area contributed by atoms with Crippen molar-refractivity contribution in [1.29, 1.82) is 0 Å². The van der Waals surface area contributed by atoms with Gasteiger partial charge < -0.3 is 4.42 Å². The standard InChI is InChI=1S/C6H6N4O3S/c1-9-6(12)14-4(8-9)2-10-5(11)13-3-7-10/h3H,2H2,1H3. The highest BCUT2D eigenvalue weighted by Crippen LogP contribution is 1.98. The van der Waals surface area contributed by atoms with Gasteiger partial charge in [0.15, 0.2) is 0 Å². The SMILES string of the molecule is Cn1nc(Cn2ncoc2=O)sc1=O. The van der Waals surface area contributed by atoms with E-state index in [-0.39, 0.29) is 11.4 Å². The first-order valence-corrected chi connectivity index (χ1v) is 4.52. The van der Waals surface area contributed by atoms with Crippen LogP contribution in [0.25, 0.3) is 0 Å². The minimum atomic E-state index is -0.560. The summed E-state index contributed by atoms with van der Waals surface area (Å²) in [6, 6.07) is 0. The summed E-state index contributed by atoms with van der Waals surface area (Å²) in [5.74, 6) is -0.560. The molecular weight excluding hydrogens is 208 g/mol. The van der Waals surface area contributed by atoms with Crippen LogP contribution in [-0.4, -0.2) is 19.6 Å². The lowest BCUT2D eigenvalue weighted by Gasteiger charge is -1.90. The van der Waals surface area contributed by atoms with Crippen molar-refractivity contribution in [1.82, 2.24) is 19.6 Å². The van der Waals surface area contributed by atoms with E-state index >= 15 is 0 Å². The first-order valence-electron chi connectivity index (χ1n) is 3.70. The first-order chi connectivity index (χ1) is 6.66. The maximum Gasteiger partial charge on any atom is 0.437 e. The second kappa shape index (κ2) is 3.22. The Hall–Kier alpha value is -1.70. The van der Waals surface area contributed by atoms with Gasteiger partial charge in [-0.05, 0) is 0 Å². The number of hydrogen-bond acceptors (Lipinski definition) is 6. The summed E-state index contributed by atoms with van der Waals surface area (Å²) in [5.41, 5.74) is 0. The summed E-state index contributed by atoms with van der Waals surface area (Å²) in [7, 11) is 1.55. The molecule has 0 saturated heterocycles. The Labute approximate surface area is 81.2 Å². The molecule has 2 rings (SSSR count). The molecule has 74 valence electrons. The third-order valence-electron chi connectivity index (χ3n) is 1.57. The molecule has 0 unspecified atom stereocenters. The van der Waals surface area contributed by atoms with Crippen molar-refractivity contribution in [3.63, 3.8) is 0 Å². The molecule has 0 atom stereocenters. The molecule has 2 heterocycles. The summed E-state index contributed by atoms with van der Waals surface area (Å²) in [6.07, 6.45) is 1.05. The van der Waals surface area contributed by atoms with E-state index in [1.165, 1.54) is 4.68 Å². The van der Waals surface area contributed by atoms with Crippen LogP contribution in [0.4, 0.5) is 0 Å². The Kier molecular flexibility index (Phi) is 2.04. The van der Waals surface area contributed by atoms with Gasteiger partial charge in [-0.2, -0.15) is 9.78 Å². The van der Waals surface area contributed by atoms with Crippen LogP contribution in [0.3, 0.4) is 0 Å². The average molecular weight is 214 g/mol. The minimum Gasteiger partial charge on any atom is -0.395 e. The summed E-state index contributed by atoms with van der Waals surface area (Å²) >= 11 is 0.976. The van der Waals surface area contributed by atoms with Crippen LogP contribution in [-0.2, 0) is 13.6 Å². The fraction of sp³-hybridized carbons (Fsp3) is 0.333. The maximum atomic E-state index is 11.0. The van der Waals surface area contributed by atoms with Gasteiger partial charge in [0.25, 0.3) is 0 Å². The fourth-order valence-corrected chi connectivity index (χ4v) is 1.65. The quantitative estimate of drug-likeness (QED) is 0.643. The Bertz CT molecular complexity index is 548.